The molecule has 0 radical (unpaired) electrons. The minimum Gasteiger partial charge on any atom is -0.493 e. The van der Waals surface area contributed by atoms with E-state index in [9.17, 15) is 13.9 Å². The number of aromatic nitrogens is 1. The number of aliphatic hydroxyl groups excluding tert-OH is 1. The molecule has 0 saturated heterocycles. The van der Waals surface area contributed by atoms with Crippen LogP contribution in [0.1, 0.15) is 5.56 Å². The molecule has 25 heavy (non-hydrogen) atoms. The van der Waals surface area contributed by atoms with E-state index >= 15 is 0 Å². The first-order chi connectivity index (χ1) is 12.1. The molecule has 3 aromatic rings. The average Bonchev–Trinajstić information content (AvgIpc) is 3.04. The fraction of sp³-hybridized carbons (Fsp3) is 0.167. The molecule has 0 aliphatic carbocycles. The third-order valence-corrected chi connectivity index (χ3v) is 3.73. The highest BCUT2D eigenvalue weighted by molar-refractivity contribution is 5.74. The molecule has 0 saturated carbocycles. The standard InChI is InChI=1S/C18H15F2NO4/c1-23-15-4-3-10(7-16(15)24-2)17-14(9-22)18(25-21-17)11-5-12(19)8-13(20)6-11/h3-8,22H,9H2,1-2H3. The van der Waals surface area contributed by atoms with Crippen molar-refractivity contribution in [2.24, 2.45) is 0 Å². The summed E-state index contributed by atoms with van der Waals surface area (Å²) in [5, 5.41) is 13.7. The van der Waals surface area contributed by atoms with Crippen molar-refractivity contribution in [3.8, 4) is 34.1 Å². The fourth-order valence-corrected chi connectivity index (χ4v) is 2.58. The second kappa shape index (κ2) is 6.90. The minimum absolute atomic E-state index is 0.102. The highest BCUT2D eigenvalue weighted by Gasteiger charge is 2.20. The quantitative estimate of drug-likeness (QED) is 0.761. The van der Waals surface area contributed by atoms with Gasteiger partial charge in [0.2, 0.25) is 0 Å². The molecule has 0 unspecified atom stereocenters. The Hall–Kier alpha value is -2.93. The Morgan fingerprint density at radius 3 is 2.24 bits per heavy atom. The fourth-order valence-electron chi connectivity index (χ4n) is 2.58. The van der Waals surface area contributed by atoms with Crippen LogP contribution in [0.5, 0.6) is 11.5 Å². The Kier molecular flexibility index (Phi) is 4.67. The van der Waals surface area contributed by atoms with Crippen LogP contribution < -0.4 is 9.47 Å². The normalized spacial score (nSPS) is 10.8. The van der Waals surface area contributed by atoms with Gasteiger partial charge in [-0.05, 0) is 30.3 Å². The molecule has 5 nitrogen and oxygen atoms in total. The molecule has 0 fully saturated rings. The van der Waals surface area contributed by atoms with Gasteiger partial charge >= 0.3 is 0 Å². The Morgan fingerprint density at radius 2 is 1.64 bits per heavy atom. The van der Waals surface area contributed by atoms with Crippen LogP contribution in [0, 0.1) is 11.6 Å². The summed E-state index contributed by atoms with van der Waals surface area (Å²) in [6.45, 7) is -0.416. The lowest BCUT2D eigenvalue weighted by atomic mass is 10.0. The number of methoxy groups -OCH3 is 2. The van der Waals surface area contributed by atoms with Gasteiger partial charge in [-0.2, -0.15) is 0 Å². The number of aliphatic hydroxyl groups is 1. The van der Waals surface area contributed by atoms with E-state index < -0.39 is 18.2 Å². The number of ether oxygens (including phenoxy) is 2. The van der Waals surface area contributed by atoms with Gasteiger partial charge in [0.15, 0.2) is 17.3 Å². The zero-order valence-corrected chi connectivity index (χ0v) is 13.5. The zero-order chi connectivity index (χ0) is 18.0. The molecule has 0 atom stereocenters. The lowest BCUT2D eigenvalue weighted by molar-refractivity contribution is 0.281. The molecule has 130 valence electrons. The van der Waals surface area contributed by atoms with Crippen molar-refractivity contribution in [1.29, 1.82) is 0 Å². The molecule has 0 bridgehead atoms. The maximum absolute atomic E-state index is 13.5. The number of benzene rings is 2. The van der Waals surface area contributed by atoms with Gasteiger partial charge in [-0.3, -0.25) is 0 Å². The van der Waals surface area contributed by atoms with Crippen LogP contribution in [0.15, 0.2) is 40.9 Å². The smallest absolute Gasteiger partial charge is 0.173 e. The molecule has 2 aromatic carbocycles. The van der Waals surface area contributed by atoms with Gasteiger partial charge in [-0.15, -0.1) is 0 Å². The van der Waals surface area contributed by atoms with Crippen molar-refractivity contribution >= 4 is 0 Å². The molecular formula is C18H15F2NO4. The molecule has 1 aromatic heterocycles. The lowest BCUT2D eigenvalue weighted by Crippen LogP contribution is -1.93. The summed E-state index contributed by atoms with van der Waals surface area (Å²) in [6.07, 6.45) is 0. The Morgan fingerprint density at radius 1 is 0.960 bits per heavy atom. The van der Waals surface area contributed by atoms with Gasteiger partial charge in [0.05, 0.1) is 26.4 Å². The summed E-state index contributed by atoms with van der Waals surface area (Å²) in [5.41, 5.74) is 1.43. The number of nitrogens with zero attached hydrogens (tertiary/aromatic N) is 1. The Bertz CT molecular complexity index is 888. The molecule has 3 rings (SSSR count). The van der Waals surface area contributed by atoms with Crippen LogP contribution in [0.2, 0.25) is 0 Å². The average molecular weight is 347 g/mol. The molecule has 0 aliphatic rings. The number of hydrogen-bond acceptors (Lipinski definition) is 5. The highest BCUT2D eigenvalue weighted by Crippen LogP contribution is 2.37. The van der Waals surface area contributed by atoms with Crippen LogP contribution >= 0.6 is 0 Å². The second-order valence-corrected chi connectivity index (χ2v) is 5.22. The second-order valence-electron chi connectivity index (χ2n) is 5.22. The third-order valence-electron chi connectivity index (χ3n) is 3.73. The molecule has 7 heteroatoms. The summed E-state index contributed by atoms with van der Waals surface area (Å²) in [7, 11) is 3.02. The first-order valence-corrected chi connectivity index (χ1v) is 7.35. The first kappa shape index (κ1) is 16.9. The first-order valence-electron chi connectivity index (χ1n) is 7.35. The number of hydrogen-bond donors (Lipinski definition) is 1. The topological polar surface area (TPSA) is 64.7 Å². The third kappa shape index (κ3) is 3.18. The van der Waals surface area contributed by atoms with E-state index in [4.69, 9.17) is 14.0 Å². The number of halogens is 2. The monoisotopic (exact) mass is 347 g/mol. The maximum atomic E-state index is 13.5. The van der Waals surface area contributed by atoms with Crippen LogP contribution in [-0.4, -0.2) is 24.5 Å². The van der Waals surface area contributed by atoms with Gasteiger partial charge < -0.3 is 19.1 Å². The van der Waals surface area contributed by atoms with E-state index in [-0.39, 0.29) is 11.3 Å². The number of rotatable bonds is 5. The van der Waals surface area contributed by atoms with Gasteiger partial charge in [0, 0.05) is 17.2 Å². The predicted octanol–water partition coefficient (Wildman–Crippen LogP) is 3.80. The van der Waals surface area contributed by atoms with E-state index in [0.29, 0.717) is 28.3 Å². The minimum atomic E-state index is -0.747. The molecule has 0 aliphatic heterocycles. The van der Waals surface area contributed by atoms with Gasteiger partial charge in [-0.1, -0.05) is 5.16 Å². The van der Waals surface area contributed by atoms with Crippen molar-refractivity contribution in [3.63, 3.8) is 0 Å². The van der Waals surface area contributed by atoms with Crippen molar-refractivity contribution < 1.29 is 27.9 Å². The van der Waals surface area contributed by atoms with Gasteiger partial charge in [0.25, 0.3) is 0 Å². The van der Waals surface area contributed by atoms with Crippen LogP contribution in [0.4, 0.5) is 8.78 Å². The Balaban J connectivity index is 2.12. The summed E-state index contributed by atoms with van der Waals surface area (Å²) in [4.78, 5) is 0. The van der Waals surface area contributed by atoms with Crippen molar-refractivity contribution in [2.75, 3.05) is 14.2 Å². The highest BCUT2D eigenvalue weighted by atomic mass is 19.1. The molecule has 1 N–H and O–H groups in total. The summed E-state index contributed by atoms with van der Waals surface area (Å²) in [6, 6.07) is 8.06. The molecular weight excluding hydrogens is 332 g/mol. The zero-order valence-electron chi connectivity index (χ0n) is 13.5. The largest absolute Gasteiger partial charge is 0.493 e. The summed E-state index contributed by atoms with van der Waals surface area (Å²) >= 11 is 0. The Labute approximate surface area is 142 Å². The van der Waals surface area contributed by atoms with E-state index in [1.54, 1.807) is 18.2 Å². The van der Waals surface area contributed by atoms with Crippen LogP contribution in [-0.2, 0) is 6.61 Å². The van der Waals surface area contributed by atoms with Gasteiger partial charge in [0.1, 0.15) is 17.3 Å². The van der Waals surface area contributed by atoms with Crippen LogP contribution in [0.25, 0.3) is 22.6 Å². The molecule has 1 heterocycles. The van der Waals surface area contributed by atoms with Crippen molar-refractivity contribution in [3.05, 3.63) is 53.6 Å². The molecule has 0 amide bonds. The summed E-state index contributed by atoms with van der Waals surface area (Å²) < 4.78 is 42.6. The SMILES string of the molecule is COc1ccc(-c2noc(-c3cc(F)cc(F)c3)c2CO)cc1OC. The summed E-state index contributed by atoms with van der Waals surface area (Å²) in [5.74, 6) is -0.380. The lowest BCUT2D eigenvalue weighted by Gasteiger charge is -2.09. The predicted molar refractivity (Wildman–Crippen MR) is 86.3 cm³/mol. The van der Waals surface area contributed by atoms with Crippen molar-refractivity contribution in [2.45, 2.75) is 6.61 Å². The van der Waals surface area contributed by atoms with E-state index in [2.05, 4.69) is 5.16 Å². The van der Waals surface area contributed by atoms with Crippen molar-refractivity contribution in [1.82, 2.24) is 5.16 Å². The van der Waals surface area contributed by atoms with E-state index in [1.807, 2.05) is 0 Å². The maximum Gasteiger partial charge on any atom is 0.173 e. The van der Waals surface area contributed by atoms with Gasteiger partial charge in [-0.25, -0.2) is 8.78 Å². The molecule has 0 spiro atoms. The van der Waals surface area contributed by atoms with Crippen LogP contribution in [0.3, 0.4) is 0 Å². The van der Waals surface area contributed by atoms with E-state index in [1.165, 1.54) is 14.2 Å². The van der Waals surface area contributed by atoms with E-state index in [0.717, 1.165) is 18.2 Å².